The summed E-state index contributed by atoms with van der Waals surface area (Å²) < 4.78 is 10.6. The first kappa shape index (κ1) is 21.8. The third-order valence-electron chi connectivity index (χ3n) is 3.34. The molecule has 1 rings (SSSR count). The van der Waals surface area contributed by atoms with E-state index in [4.69, 9.17) is 47.8 Å². The van der Waals surface area contributed by atoms with E-state index in [0.29, 0.717) is 17.7 Å². The Balaban J connectivity index is 3.06. The van der Waals surface area contributed by atoms with Gasteiger partial charge in [0.1, 0.15) is 0 Å². The van der Waals surface area contributed by atoms with Gasteiger partial charge in [-0.1, -0.05) is 25.8 Å². The summed E-state index contributed by atoms with van der Waals surface area (Å²) in [6.45, 7) is 1.98. The van der Waals surface area contributed by atoms with Crippen molar-refractivity contribution in [1.29, 1.82) is 0 Å². The average Bonchev–Trinajstić information content (AvgIpc) is 2.52. The van der Waals surface area contributed by atoms with E-state index < -0.39 is 23.5 Å². The average molecular weight is 426 g/mol. The highest BCUT2D eigenvalue weighted by Crippen LogP contribution is 2.40. The van der Waals surface area contributed by atoms with Crippen LogP contribution in [0.4, 0.5) is 0 Å². The van der Waals surface area contributed by atoms with Crippen LogP contribution in [0.15, 0.2) is 24.3 Å². The van der Waals surface area contributed by atoms with Gasteiger partial charge in [0.15, 0.2) is 11.5 Å². The second kappa shape index (κ2) is 10.1. The zero-order valence-electron chi connectivity index (χ0n) is 13.8. The zero-order valence-corrected chi connectivity index (χ0v) is 17.1. The van der Waals surface area contributed by atoms with Gasteiger partial charge in [-0.25, -0.2) is 4.79 Å². The molecule has 1 N–H and O–H groups in total. The third kappa shape index (κ3) is 7.28. The van der Waals surface area contributed by atoms with Crippen LogP contribution in [0.25, 0.3) is 6.08 Å². The van der Waals surface area contributed by atoms with Crippen LogP contribution in [-0.4, -0.2) is 30.2 Å². The Morgan fingerprint density at radius 2 is 1.96 bits per heavy atom. The van der Waals surface area contributed by atoms with Crippen LogP contribution < -0.4 is 9.47 Å². The lowest BCUT2D eigenvalue weighted by atomic mass is 10.2. The number of halogens is 3. The minimum atomic E-state index is -3.30. The Bertz CT molecular complexity index is 643. The minimum Gasteiger partial charge on any atom is -0.493 e. The fourth-order valence-corrected chi connectivity index (χ4v) is 4.69. The van der Waals surface area contributed by atoms with Crippen molar-refractivity contribution in [2.24, 2.45) is 0 Å². The summed E-state index contributed by atoms with van der Waals surface area (Å²) in [5.74, 6) is -1.25. The molecule has 0 aliphatic heterocycles. The summed E-state index contributed by atoms with van der Waals surface area (Å²) in [6, 6.07) is 1.39. The number of carbonyl (C=O) groups is 2. The molecule has 0 fully saturated rings. The van der Waals surface area contributed by atoms with E-state index in [9.17, 15) is 9.59 Å². The predicted octanol–water partition coefficient (Wildman–Crippen LogP) is 4.91. The second-order valence-corrected chi connectivity index (χ2v) is 14.1. The summed E-state index contributed by atoms with van der Waals surface area (Å²) in [7, 11) is 1.43. The van der Waals surface area contributed by atoms with Crippen molar-refractivity contribution < 1.29 is 24.2 Å². The molecule has 0 radical (unpaired) electrons. The molecular formula is C16H19Cl3O5Si. The Hall–Kier alpha value is -1.21. The van der Waals surface area contributed by atoms with Crippen LogP contribution in [0, 0.1) is 0 Å². The molecule has 0 aliphatic rings. The summed E-state index contributed by atoms with van der Waals surface area (Å²) in [5, 5.41) is 8.70. The number of carboxylic acid groups (broad SMARTS) is 1. The Labute approximate surface area is 161 Å². The van der Waals surface area contributed by atoms with E-state index in [1.54, 1.807) is 12.1 Å². The van der Waals surface area contributed by atoms with Crippen molar-refractivity contribution in [3.8, 4) is 11.5 Å². The van der Waals surface area contributed by atoms with E-state index in [1.807, 2.05) is 6.92 Å². The number of rotatable bonds is 9. The topological polar surface area (TPSA) is 72.8 Å². The summed E-state index contributed by atoms with van der Waals surface area (Å²) in [4.78, 5) is 23.1. The standard InChI is InChI=1S/C16H19Cl3O5Si/c1-3-4-5-14(25(17,18)19)16(22)24-13-10-11(7-9-15(20)21)6-8-12(13)23-2/h6-10,14H,3-5H2,1-2H3,(H,20,21)/b9-7+. The number of aliphatic carboxylic acids is 1. The van der Waals surface area contributed by atoms with E-state index >= 15 is 0 Å². The molecule has 1 aromatic carbocycles. The lowest BCUT2D eigenvalue weighted by Crippen LogP contribution is -2.30. The van der Waals surface area contributed by atoms with E-state index in [-0.39, 0.29) is 5.75 Å². The number of unbranched alkanes of at least 4 members (excludes halogenated alkanes) is 1. The minimum absolute atomic E-state index is 0.143. The molecule has 0 amide bonds. The van der Waals surface area contributed by atoms with Crippen LogP contribution in [0.2, 0.25) is 5.54 Å². The van der Waals surface area contributed by atoms with Gasteiger partial charge in [-0.3, -0.25) is 4.79 Å². The third-order valence-corrected chi connectivity index (χ3v) is 7.03. The second-order valence-electron chi connectivity index (χ2n) is 5.24. The van der Waals surface area contributed by atoms with Gasteiger partial charge < -0.3 is 14.6 Å². The van der Waals surface area contributed by atoms with E-state index in [0.717, 1.165) is 18.9 Å². The first-order valence-corrected chi connectivity index (χ1v) is 12.7. The molecule has 1 aromatic rings. The Morgan fingerprint density at radius 1 is 1.28 bits per heavy atom. The molecule has 1 unspecified atom stereocenters. The van der Waals surface area contributed by atoms with Crippen molar-refractivity contribution in [3.05, 3.63) is 29.8 Å². The molecule has 5 nitrogen and oxygen atoms in total. The number of benzene rings is 1. The van der Waals surface area contributed by atoms with Crippen LogP contribution in [0.3, 0.4) is 0 Å². The monoisotopic (exact) mass is 424 g/mol. The maximum atomic E-state index is 12.5. The molecule has 1 atom stereocenters. The normalized spacial score (nSPS) is 12.8. The lowest BCUT2D eigenvalue weighted by molar-refractivity contribution is -0.134. The van der Waals surface area contributed by atoms with Crippen molar-refractivity contribution in [2.45, 2.75) is 31.7 Å². The van der Waals surface area contributed by atoms with Crippen molar-refractivity contribution in [3.63, 3.8) is 0 Å². The highest BCUT2D eigenvalue weighted by molar-refractivity contribution is 7.65. The number of methoxy groups -OCH3 is 1. The fraction of sp³-hybridized carbons (Fsp3) is 0.375. The molecule has 25 heavy (non-hydrogen) atoms. The van der Waals surface area contributed by atoms with Gasteiger partial charge in [0.05, 0.1) is 12.7 Å². The smallest absolute Gasteiger partial charge is 0.355 e. The number of carbonyl (C=O) groups excluding carboxylic acids is 1. The SMILES string of the molecule is CCCCC(C(=O)Oc1cc(/C=C/C(=O)O)ccc1OC)[Si](Cl)(Cl)Cl. The summed E-state index contributed by atoms with van der Waals surface area (Å²) in [6.07, 6.45) is 4.37. The number of hydrogen-bond donors (Lipinski definition) is 1. The molecule has 0 bridgehead atoms. The van der Waals surface area contributed by atoms with Gasteiger partial charge in [-0.2, -0.15) is 0 Å². The van der Waals surface area contributed by atoms with Crippen LogP contribution in [0.5, 0.6) is 11.5 Å². The quantitative estimate of drug-likeness (QED) is 0.200. The van der Waals surface area contributed by atoms with Gasteiger partial charge in [0.2, 0.25) is 0 Å². The number of esters is 1. The molecule has 0 saturated carbocycles. The number of ether oxygens (including phenoxy) is 2. The molecule has 0 spiro atoms. The molecule has 138 valence electrons. The highest BCUT2D eigenvalue weighted by Gasteiger charge is 2.43. The van der Waals surface area contributed by atoms with Crippen LogP contribution in [0.1, 0.15) is 31.7 Å². The van der Waals surface area contributed by atoms with Crippen molar-refractivity contribution in [1.82, 2.24) is 0 Å². The zero-order chi connectivity index (χ0) is 19.0. The maximum absolute atomic E-state index is 12.5. The highest BCUT2D eigenvalue weighted by atomic mass is 35.8. The largest absolute Gasteiger partial charge is 0.493 e. The summed E-state index contributed by atoms with van der Waals surface area (Å²) in [5.41, 5.74) is -0.261. The van der Waals surface area contributed by atoms with Gasteiger partial charge in [-0.05, 0) is 30.2 Å². The van der Waals surface area contributed by atoms with Crippen molar-refractivity contribution in [2.75, 3.05) is 7.11 Å². The predicted molar refractivity (Wildman–Crippen MR) is 102 cm³/mol. The number of hydrogen-bond acceptors (Lipinski definition) is 4. The van der Waals surface area contributed by atoms with E-state index in [1.165, 1.54) is 19.3 Å². The molecule has 9 heteroatoms. The van der Waals surface area contributed by atoms with Crippen LogP contribution >= 0.6 is 33.2 Å². The molecular weight excluding hydrogens is 407 g/mol. The van der Waals surface area contributed by atoms with E-state index in [2.05, 4.69) is 0 Å². The fourth-order valence-electron chi connectivity index (χ4n) is 2.05. The van der Waals surface area contributed by atoms with Gasteiger partial charge >= 0.3 is 17.9 Å². The Morgan fingerprint density at radius 3 is 2.48 bits per heavy atom. The van der Waals surface area contributed by atoms with Gasteiger partial charge in [0.25, 0.3) is 0 Å². The molecule has 0 aliphatic carbocycles. The summed E-state index contributed by atoms with van der Waals surface area (Å²) >= 11 is 18.1. The van der Waals surface area contributed by atoms with Gasteiger partial charge in [-0.15, -0.1) is 33.2 Å². The maximum Gasteiger partial charge on any atom is 0.355 e. The van der Waals surface area contributed by atoms with Crippen molar-refractivity contribution >= 4 is 57.3 Å². The molecule has 0 aromatic heterocycles. The van der Waals surface area contributed by atoms with Gasteiger partial charge in [0, 0.05) is 6.08 Å². The lowest BCUT2D eigenvalue weighted by Gasteiger charge is -2.21. The number of carboxylic acids is 1. The first-order valence-electron chi connectivity index (χ1n) is 7.56. The first-order chi connectivity index (χ1) is 11.7. The van der Waals surface area contributed by atoms with Crippen LogP contribution in [-0.2, 0) is 9.59 Å². The molecule has 0 saturated heterocycles. The Kier molecular flexibility index (Phi) is 8.79. The molecule has 0 heterocycles.